The van der Waals surface area contributed by atoms with Crippen molar-refractivity contribution in [2.75, 3.05) is 39.1 Å². The van der Waals surface area contributed by atoms with Crippen LogP contribution in [-0.4, -0.2) is 49.8 Å². The first-order valence-corrected chi connectivity index (χ1v) is 11.3. The van der Waals surface area contributed by atoms with Crippen molar-refractivity contribution in [1.82, 2.24) is 10.6 Å². The van der Waals surface area contributed by atoms with Crippen LogP contribution in [0.1, 0.15) is 38.2 Å². The van der Waals surface area contributed by atoms with Crippen LogP contribution in [0.3, 0.4) is 0 Å². The van der Waals surface area contributed by atoms with Gasteiger partial charge in [-0.2, -0.15) is 11.8 Å². The van der Waals surface area contributed by atoms with Gasteiger partial charge in [0.1, 0.15) is 0 Å². The van der Waals surface area contributed by atoms with Gasteiger partial charge in [-0.15, -0.1) is 0 Å². The summed E-state index contributed by atoms with van der Waals surface area (Å²) in [6.45, 7) is 5.85. The van der Waals surface area contributed by atoms with E-state index in [9.17, 15) is 0 Å². The average molecular weight is 440 g/mol. The zero-order valence-electron chi connectivity index (χ0n) is 15.8. The number of guanidine groups is 1. The normalized spacial score (nSPS) is 21.3. The lowest BCUT2D eigenvalue weighted by atomic mass is 9.96. The van der Waals surface area contributed by atoms with E-state index in [0.29, 0.717) is 0 Å². The minimum Gasteiger partial charge on any atom is -0.381 e. The Labute approximate surface area is 170 Å². The molecule has 1 aliphatic carbocycles. The van der Waals surface area contributed by atoms with Gasteiger partial charge >= 0.3 is 0 Å². The maximum Gasteiger partial charge on any atom is 0.191 e. The molecule has 1 aliphatic heterocycles. The number of benzene rings is 1. The standard InChI is InChI=1S/C20H30BrN3OS/c1-3-26-20(9-11-25-12-10-20)15-24-18(22-2)23-14-19(7-8-19)16-5-4-6-17(21)13-16/h4-6,13H,3,7-12,14-15H2,1-2H3,(H2,22,23,24). The second-order valence-electron chi connectivity index (χ2n) is 7.30. The minimum absolute atomic E-state index is 0.260. The van der Waals surface area contributed by atoms with Gasteiger partial charge in [0.15, 0.2) is 5.96 Å². The van der Waals surface area contributed by atoms with Crippen molar-refractivity contribution in [2.24, 2.45) is 4.99 Å². The smallest absolute Gasteiger partial charge is 0.191 e. The van der Waals surface area contributed by atoms with Crippen LogP contribution >= 0.6 is 27.7 Å². The number of hydrogen-bond acceptors (Lipinski definition) is 3. The van der Waals surface area contributed by atoms with Crippen LogP contribution in [0.25, 0.3) is 0 Å². The van der Waals surface area contributed by atoms with Gasteiger partial charge in [0, 0.05) is 48.0 Å². The molecule has 3 rings (SSSR count). The molecule has 0 unspecified atom stereocenters. The number of nitrogens with zero attached hydrogens (tertiary/aromatic N) is 1. The van der Waals surface area contributed by atoms with Crippen LogP contribution in [0, 0.1) is 0 Å². The van der Waals surface area contributed by atoms with E-state index in [2.05, 4.69) is 74.5 Å². The monoisotopic (exact) mass is 439 g/mol. The van der Waals surface area contributed by atoms with E-state index in [-0.39, 0.29) is 10.2 Å². The molecule has 6 heteroatoms. The van der Waals surface area contributed by atoms with Gasteiger partial charge in [-0.25, -0.2) is 0 Å². The van der Waals surface area contributed by atoms with Crippen molar-refractivity contribution in [2.45, 2.75) is 42.8 Å². The summed E-state index contributed by atoms with van der Waals surface area (Å²) in [4.78, 5) is 4.45. The number of ether oxygens (including phenoxy) is 1. The molecular formula is C20H30BrN3OS. The molecule has 0 spiro atoms. The number of aliphatic imine (C=N–C) groups is 1. The third-order valence-electron chi connectivity index (χ3n) is 5.54. The Hall–Kier alpha value is -0.720. The molecule has 4 nitrogen and oxygen atoms in total. The van der Waals surface area contributed by atoms with Gasteiger partial charge in [-0.05, 0) is 49.1 Å². The second kappa shape index (κ2) is 8.98. The predicted molar refractivity (Wildman–Crippen MR) is 115 cm³/mol. The maximum absolute atomic E-state index is 5.57. The lowest BCUT2D eigenvalue weighted by Crippen LogP contribution is -2.49. The molecule has 0 bridgehead atoms. The van der Waals surface area contributed by atoms with E-state index >= 15 is 0 Å². The molecule has 1 heterocycles. The molecule has 144 valence electrons. The van der Waals surface area contributed by atoms with Crippen molar-refractivity contribution in [1.29, 1.82) is 0 Å². The molecule has 26 heavy (non-hydrogen) atoms. The Morgan fingerprint density at radius 3 is 2.54 bits per heavy atom. The fourth-order valence-corrected chi connectivity index (χ4v) is 5.32. The molecule has 0 radical (unpaired) electrons. The molecule has 2 N–H and O–H groups in total. The van der Waals surface area contributed by atoms with E-state index < -0.39 is 0 Å². The maximum atomic E-state index is 5.57. The van der Waals surface area contributed by atoms with Crippen LogP contribution < -0.4 is 10.6 Å². The van der Waals surface area contributed by atoms with Crippen LogP contribution in [0.5, 0.6) is 0 Å². The third-order valence-corrected chi connectivity index (χ3v) is 7.49. The van der Waals surface area contributed by atoms with Gasteiger partial charge in [-0.3, -0.25) is 4.99 Å². The molecule has 0 aromatic heterocycles. The SMILES string of the molecule is CCSC1(CNC(=NC)NCC2(c3cccc(Br)c3)CC2)CCOCC1. The highest BCUT2D eigenvalue weighted by Gasteiger charge is 2.44. The van der Waals surface area contributed by atoms with Crippen molar-refractivity contribution >= 4 is 33.7 Å². The lowest BCUT2D eigenvalue weighted by molar-refractivity contribution is 0.0782. The highest BCUT2D eigenvalue weighted by Crippen LogP contribution is 2.48. The van der Waals surface area contributed by atoms with Crippen molar-refractivity contribution in [3.8, 4) is 0 Å². The summed E-state index contributed by atoms with van der Waals surface area (Å²) in [5.74, 6) is 2.05. The van der Waals surface area contributed by atoms with E-state index in [1.807, 2.05) is 7.05 Å². The number of nitrogens with one attached hydrogen (secondary N) is 2. The fourth-order valence-electron chi connectivity index (χ4n) is 3.68. The van der Waals surface area contributed by atoms with Crippen LogP contribution in [0.4, 0.5) is 0 Å². The number of rotatable bonds is 7. The molecule has 0 amide bonds. The topological polar surface area (TPSA) is 45.7 Å². The Morgan fingerprint density at radius 2 is 1.92 bits per heavy atom. The van der Waals surface area contributed by atoms with Gasteiger partial charge < -0.3 is 15.4 Å². The zero-order valence-corrected chi connectivity index (χ0v) is 18.2. The highest BCUT2D eigenvalue weighted by atomic mass is 79.9. The van der Waals surface area contributed by atoms with Crippen LogP contribution in [0.15, 0.2) is 33.7 Å². The summed E-state index contributed by atoms with van der Waals surface area (Å²) in [6, 6.07) is 8.71. The first-order chi connectivity index (χ1) is 12.6. The minimum atomic E-state index is 0.260. The van der Waals surface area contributed by atoms with Crippen molar-refractivity contribution < 1.29 is 4.74 Å². The fraction of sp³-hybridized carbons (Fsp3) is 0.650. The van der Waals surface area contributed by atoms with Gasteiger partial charge in [0.05, 0.1) is 0 Å². The summed E-state index contributed by atoms with van der Waals surface area (Å²) in [5.41, 5.74) is 1.67. The number of hydrogen-bond donors (Lipinski definition) is 2. The van der Waals surface area contributed by atoms with Crippen molar-refractivity contribution in [3.63, 3.8) is 0 Å². The first kappa shape index (κ1) is 20.0. The third kappa shape index (κ3) is 4.96. The molecule has 1 aromatic rings. The van der Waals surface area contributed by atoms with E-state index in [0.717, 1.165) is 55.3 Å². The molecular weight excluding hydrogens is 410 g/mol. The first-order valence-electron chi connectivity index (χ1n) is 9.54. The molecule has 2 aliphatic rings. The molecule has 1 saturated carbocycles. The summed E-state index contributed by atoms with van der Waals surface area (Å²) >= 11 is 5.65. The average Bonchev–Trinajstić information content (AvgIpc) is 3.44. The Balaban J connectivity index is 1.55. The lowest BCUT2D eigenvalue weighted by Gasteiger charge is -2.37. The van der Waals surface area contributed by atoms with Gasteiger partial charge in [0.25, 0.3) is 0 Å². The highest BCUT2D eigenvalue weighted by molar-refractivity contribution is 9.10. The Kier molecular flexibility index (Phi) is 6.92. The van der Waals surface area contributed by atoms with Gasteiger partial charge in [-0.1, -0.05) is 35.0 Å². The molecule has 0 atom stereocenters. The van der Waals surface area contributed by atoms with E-state index in [4.69, 9.17) is 4.74 Å². The number of thioether (sulfide) groups is 1. The van der Waals surface area contributed by atoms with E-state index in [1.54, 1.807) is 0 Å². The summed E-state index contributed by atoms with van der Waals surface area (Å²) in [5, 5.41) is 7.15. The second-order valence-corrected chi connectivity index (χ2v) is 9.95. The summed E-state index contributed by atoms with van der Waals surface area (Å²) in [6.07, 6.45) is 4.69. The Morgan fingerprint density at radius 1 is 1.19 bits per heavy atom. The largest absolute Gasteiger partial charge is 0.381 e. The van der Waals surface area contributed by atoms with E-state index in [1.165, 1.54) is 18.4 Å². The summed E-state index contributed by atoms with van der Waals surface area (Å²) < 4.78 is 7.00. The van der Waals surface area contributed by atoms with Crippen LogP contribution in [0.2, 0.25) is 0 Å². The Bertz CT molecular complexity index is 622. The zero-order chi connectivity index (χ0) is 18.5. The number of halogens is 1. The molecule has 2 fully saturated rings. The van der Waals surface area contributed by atoms with Crippen LogP contribution in [-0.2, 0) is 10.2 Å². The molecule has 1 saturated heterocycles. The quantitative estimate of drug-likeness (QED) is 0.498. The van der Waals surface area contributed by atoms with Crippen molar-refractivity contribution in [3.05, 3.63) is 34.3 Å². The molecule has 1 aromatic carbocycles. The predicted octanol–water partition coefficient (Wildman–Crippen LogP) is 3.95. The summed E-state index contributed by atoms with van der Waals surface area (Å²) in [7, 11) is 1.86. The van der Waals surface area contributed by atoms with Gasteiger partial charge in [0.2, 0.25) is 0 Å².